The van der Waals surface area contributed by atoms with Gasteiger partial charge < -0.3 is 25.2 Å². The number of rotatable bonds is 3. The maximum atomic E-state index is 13.6. The number of ether oxygens (including phenoxy) is 1. The molecule has 7 heteroatoms. The molecule has 2 saturated heterocycles. The van der Waals surface area contributed by atoms with E-state index in [0.717, 1.165) is 55.5 Å². The zero-order valence-corrected chi connectivity index (χ0v) is 21.6. The normalized spacial score (nSPS) is 47.8. The van der Waals surface area contributed by atoms with Crippen molar-refractivity contribution in [3.8, 4) is 0 Å². The Balaban J connectivity index is 1.24. The van der Waals surface area contributed by atoms with Crippen molar-refractivity contribution < 1.29 is 19.7 Å². The van der Waals surface area contributed by atoms with Gasteiger partial charge in [0.15, 0.2) is 0 Å². The van der Waals surface area contributed by atoms with Gasteiger partial charge in [-0.15, -0.1) is 0 Å². The number of likely N-dealkylation sites (N-methyl/N-ethyl adjacent to an activating group) is 1. The van der Waals surface area contributed by atoms with Gasteiger partial charge in [0.1, 0.15) is 0 Å². The third kappa shape index (κ3) is 2.53. The summed E-state index contributed by atoms with van der Waals surface area (Å²) < 4.78 is 7.33. The van der Waals surface area contributed by atoms with E-state index in [1.54, 1.807) is 6.20 Å². The molecule has 3 spiro atoms. The number of aliphatic hydroxyl groups is 2. The van der Waals surface area contributed by atoms with Gasteiger partial charge in [0.05, 0.1) is 34.8 Å². The fraction of sp³-hybridized carbons (Fsp3) is 0.655. The third-order valence-electron chi connectivity index (χ3n) is 11.2. The SMILES string of the molecule is Cc1ncccc1NC(=O)C1=CCC2[C@]1(C)CC=C1C3CC34[C@@H](O)[C@H](O)[C@@H](N(C)C)C[C@]43CC[C@@]12O3. The molecule has 2 aliphatic heterocycles. The van der Waals surface area contributed by atoms with Gasteiger partial charge in [-0.2, -0.15) is 0 Å². The molecule has 2 saturated carbocycles. The molecule has 4 aliphatic carbocycles. The van der Waals surface area contributed by atoms with Crippen LogP contribution in [0, 0.1) is 29.6 Å². The second kappa shape index (κ2) is 7.07. The van der Waals surface area contributed by atoms with E-state index >= 15 is 0 Å². The molecule has 7 rings (SSSR count). The summed E-state index contributed by atoms with van der Waals surface area (Å²) in [5.74, 6) is 0.417. The van der Waals surface area contributed by atoms with Crippen LogP contribution in [0.15, 0.2) is 41.6 Å². The number of allylic oxidation sites excluding steroid dienone is 2. The van der Waals surface area contributed by atoms with Crippen LogP contribution < -0.4 is 5.32 Å². The van der Waals surface area contributed by atoms with E-state index in [-0.39, 0.29) is 40.2 Å². The molecule has 9 atom stereocenters. The van der Waals surface area contributed by atoms with Crippen LogP contribution in [0.1, 0.15) is 51.1 Å². The Kier molecular flexibility index (Phi) is 4.53. The number of aryl methyl sites for hydroxylation is 1. The van der Waals surface area contributed by atoms with Gasteiger partial charge in [-0.25, -0.2) is 0 Å². The molecule has 1 aromatic rings. The number of aliphatic hydroxyl groups excluding tert-OH is 2. The summed E-state index contributed by atoms with van der Waals surface area (Å²) in [4.78, 5) is 19.9. The average molecular weight is 492 g/mol. The van der Waals surface area contributed by atoms with Crippen LogP contribution in [0.4, 0.5) is 5.69 Å². The molecule has 3 heterocycles. The molecule has 0 aromatic carbocycles. The van der Waals surface area contributed by atoms with E-state index in [0.29, 0.717) is 0 Å². The standard InChI is InChI=1S/C29H37N3O4/c1-16-20(6-5-13-30-16)31-25(35)18-7-8-22-26(18,2)10-9-17-19-14-28(19)24(34)23(33)21(32(3)4)15-27(28)11-12-29(17,22)36-27/h5-7,9,13,19,21-24,33-34H,8,10-12,14-15H2,1-4H3,(H,31,35)/t19?,21-,22?,23+,24-,26+,27+,28?,29+/m0/s1. The first-order valence-electron chi connectivity index (χ1n) is 13.5. The molecule has 7 nitrogen and oxygen atoms in total. The van der Waals surface area contributed by atoms with Crippen molar-refractivity contribution in [1.29, 1.82) is 0 Å². The van der Waals surface area contributed by atoms with E-state index in [4.69, 9.17) is 4.74 Å². The number of nitrogens with one attached hydrogen (secondary N) is 1. The van der Waals surface area contributed by atoms with Gasteiger partial charge in [-0.05, 0) is 83.2 Å². The predicted octanol–water partition coefficient (Wildman–Crippen LogP) is 2.97. The molecular weight excluding hydrogens is 454 g/mol. The molecule has 1 amide bonds. The minimum absolute atomic E-state index is 0.0440. The van der Waals surface area contributed by atoms with Crippen molar-refractivity contribution in [1.82, 2.24) is 9.88 Å². The third-order valence-corrected chi connectivity index (χ3v) is 11.2. The Morgan fingerprint density at radius 2 is 2.03 bits per heavy atom. The van der Waals surface area contributed by atoms with Crippen LogP contribution in [-0.2, 0) is 9.53 Å². The Morgan fingerprint density at radius 3 is 2.78 bits per heavy atom. The summed E-state index contributed by atoms with van der Waals surface area (Å²) in [5, 5.41) is 25.6. The number of pyridine rings is 1. The van der Waals surface area contributed by atoms with E-state index in [1.807, 2.05) is 38.1 Å². The second-order valence-corrected chi connectivity index (χ2v) is 12.7. The minimum Gasteiger partial charge on any atom is -0.390 e. The predicted molar refractivity (Wildman–Crippen MR) is 135 cm³/mol. The topological polar surface area (TPSA) is 94.9 Å². The summed E-state index contributed by atoms with van der Waals surface area (Å²) in [5.41, 5.74) is 2.26. The minimum atomic E-state index is -0.778. The zero-order chi connectivity index (χ0) is 25.3. The lowest BCUT2D eigenvalue weighted by Crippen LogP contribution is -2.67. The maximum absolute atomic E-state index is 13.6. The van der Waals surface area contributed by atoms with Crippen molar-refractivity contribution in [2.75, 3.05) is 19.4 Å². The molecule has 6 aliphatic rings. The zero-order valence-electron chi connectivity index (χ0n) is 21.6. The van der Waals surface area contributed by atoms with Crippen molar-refractivity contribution in [3.05, 3.63) is 47.3 Å². The van der Waals surface area contributed by atoms with Crippen molar-refractivity contribution >= 4 is 11.6 Å². The lowest BCUT2D eigenvalue weighted by atomic mass is 9.57. The molecule has 4 fully saturated rings. The largest absolute Gasteiger partial charge is 0.390 e. The van der Waals surface area contributed by atoms with Crippen LogP contribution in [0.2, 0.25) is 0 Å². The van der Waals surface area contributed by atoms with Gasteiger partial charge in [0.2, 0.25) is 0 Å². The molecular formula is C29H37N3O4. The quantitative estimate of drug-likeness (QED) is 0.563. The Labute approximate surface area is 212 Å². The monoisotopic (exact) mass is 491 g/mol. The summed E-state index contributed by atoms with van der Waals surface area (Å²) in [6.45, 7) is 4.14. The molecule has 1 aromatic heterocycles. The Morgan fingerprint density at radius 1 is 1.22 bits per heavy atom. The number of nitrogens with zero attached hydrogens (tertiary/aromatic N) is 2. The number of carbonyl (C=O) groups is 1. The number of carbonyl (C=O) groups excluding carboxylic acids is 1. The van der Waals surface area contributed by atoms with Crippen LogP contribution >= 0.6 is 0 Å². The summed E-state index contributed by atoms with van der Waals surface area (Å²) in [6, 6.07) is 3.61. The van der Waals surface area contributed by atoms with Crippen molar-refractivity contribution in [2.45, 2.75) is 81.8 Å². The van der Waals surface area contributed by atoms with Crippen LogP contribution in [-0.4, -0.2) is 69.6 Å². The summed E-state index contributed by atoms with van der Waals surface area (Å²) >= 11 is 0. The van der Waals surface area contributed by atoms with Crippen LogP contribution in [0.5, 0.6) is 0 Å². The first-order valence-corrected chi connectivity index (χ1v) is 13.5. The number of anilines is 1. The fourth-order valence-electron chi connectivity index (χ4n) is 9.34. The Bertz CT molecular complexity index is 1230. The summed E-state index contributed by atoms with van der Waals surface area (Å²) in [6.07, 6.45) is 9.75. The van der Waals surface area contributed by atoms with Gasteiger partial charge in [-0.1, -0.05) is 19.1 Å². The van der Waals surface area contributed by atoms with E-state index in [1.165, 1.54) is 5.57 Å². The number of amides is 1. The number of hydrogen-bond acceptors (Lipinski definition) is 6. The van der Waals surface area contributed by atoms with Gasteiger partial charge >= 0.3 is 0 Å². The smallest absolute Gasteiger partial charge is 0.251 e. The highest BCUT2D eigenvalue weighted by Gasteiger charge is 2.84. The van der Waals surface area contributed by atoms with Gasteiger partial charge in [0, 0.05) is 34.6 Å². The highest BCUT2D eigenvalue weighted by molar-refractivity contribution is 6.05. The Hall–Kier alpha value is -2.06. The van der Waals surface area contributed by atoms with Crippen molar-refractivity contribution in [3.63, 3.8) is 0 Å². The molecule has 3 N–H and O–H groups in total. The number of hydrogen-bond donors (Lipinski definition) is 3. The first-order chi connectivity index (χ1) is 17.1. The molecule has 2 bridgehead atoms. The van der Waals surface area contributed by atoms with E-state index in [9.17, 15) is 15.0 Å². The highest BCUT2D eigenvalue weighted by Crippen LogP contribution is 2.81. The number of aromatic nitrogens is 1. The molecule has 3 unspecified atom stereocenters. The van der Waals surface area contributed by atoms with Gasteiger partial charge in [-0.3, -0.25) is 9.78 Å². The molecule has 192 valence electrons. The lowest BCUT2D eigenvalue weighted by molar-refractivity contribution is -0.248. The fourth-order valence-corrected chi connectivity index (χ4v) is 9.34. The van der Waals surface area contributed by atoms with E-state index in [2.05, 4.69) is 29.4 Å². The molecule has 36 heavy (non-hydrogen) atoms. The molecule has 0 radical (unpaired) electrons. The average Bonchev–Trinajstić information content (AvgIpc) is 3.36. The highest BCUT2D eigenvalue weighted by atomic mass is 16.5. The summed E-state index contributed by atoms with van der Waals surface area (Å²) in [7, 11) is 3.96. The van der Waals surface area contributed by atoms with Crippen LogP contribution in [0.25, 0.3) is 0 Å². The lowest BCUT2D eigenvalue weighted by Gasteiger charge is -2.59. The van der Waals surface area contributed by atoms with Gasteiger partial charge in [0.25, 0.3) is 5.91 Å². The van der Waals surface area contributed by atoms with Crippen molar-refractivity contribution in [2.24, 2.45) is 22.7 Å². The van der Waals surface area contributed by atoms with Crippen LogP contribution in [0.3, 0.4) is 0 Å². The van der Waals surface area contributed by atoms with E-state index < -0.39 is 17.8 Å². The second-order valence-electron chi connectivity index (χ2n) is 12.7. The maximum Gasteiger partial charge on any atom is 0.251 e. The number of fused-ring (bicyclic) bond motifs is 2. The first kappa shape index (κ1) is 23.1.